The molecule has 1 heterocycles. The molecule has 1 aromatic rings. The van der Waals surface area contributed by atoms with Gasteiger partial charge in [-0.25, -0.2) is 14.8 Å². The molecule has 1 fully saturated rings. The first-order valence-corrected chi connectivity index (χ1v) is 7.96. The number of hydrogen-bond acceptors (Lipinski definition) is 5. The second-order valence-electron chi connectivity index (χ2n) is 6.49. The van der Waals surface area contributed by atoms with E-state index in [9.17, 15) is 4.79 Å². The van der Waals surface area contributed by atoms with Gasteiger partial charge in [0.1, 0.15) is 10.8 Å². The highest BCUT2D eigenvalue weighted by Gasteiger charge is 2.28. The van der Waals surface area contributed by atoms with Gasteiger partial charge in [-0.15, -0.1) is 0 Å². The predicted octanol–water partition coefficient (Wildman–Crippen LogP) is 3.38. The molecule has 22 heavy (non-hydrogen) atoms. The molecule has 1 saturated carbocycles. The fourth-order valence-electron chi connectivity index (χ4n) is 2.51. The number of rotatable bonds is 3. The number of hydrogen-bond donors (Lipinski definition) is 2. The largest absolute Gasteiger partial charge is 0.444 e. The van der Waals surface area contributed by atoms with Gasteiger partial charge in [-0.1, -0.05) is 24.4 Å². The first-order valence-electron chi connectivity index (χ1n) is 7.58. The summed E-state index contributed by atoms with van der Waals surface area (Å²) in [7, 11) is 0. The molecule has 0 saturated heterocycles. The van der Waals surface area contributed by atoms with E-state index in [0.29, 0.717) is 11.1 Å². The first kappa shape index (κ1) is 16.8. The Bertz CT molecular complexity index is 519. The van der Waals surface area contributed by atoms with E-state index < -0.39 is 11.7 Å². The molecular formula is C15H23ClN4O2. The number of aromatic nitrogens is 2. The predicted molar refractivity (Wildman–Crippen MR) is 86.1 cm³/mol. The first-order chi connectivity index (χ1) is 10.3. The molecule has 6 nitrogen and oxygen atoms in total. The highest BCUT2D eigenvalue weighted by atomic mass is 35.5. The van der Waals surface area contributed by atoms with Crippen LogP contribution in [0.1, 0.15) is 46.5 Å². The fraction of sp³-hybridized carbons (Fsp3) is 0.667. The second kappa shape index (κ2) is 7.13. The zero-order chi connectivity index (χ0) is 16.2. The van der Waals surface area contributed by atoms with Gasteiger partial charge in [0, 0.05) is 12.2 Å². The monoisotopic (exact) mass is 326 g/mol. The van der Waals surface area contributed by atoms with Gasteiger partial charge in [0.25, 0.3) is 0 Å². The van der Waals surface area contributed by atoms with Gasteiger partial charge >= 0.3 is 6.09 Å². The molecule has 0 radical (unpaired) electrons. The van der Waals surface area contributed by atoms with Crippen molar-refractivity contribution in [1.82, 2.24) is 15.3 Å². The number of amides is 1. The van der Waals surface area contributed by atoms with Gasteiger partial charge in [0.2, 0.25) is 5.95 Å². The number of carbonyl (C=O) groups is 1. The Morgan fingerprint density at radius 3 is 2.64 bits per heavy atom. The molecule has 0 spiro atoms. The van der Waals surface area contributed by atoms with E-state index in [-0.39, 0.29) is 12.1 Å². The number of carbonyl (C=O) groups excluding carboxylic acids is 1. The minimum atomic E-state index is -0.502. The Morgan fingerprint density at radius 2 is 2.00 bits per heavy atom. The number of nitrogens with zero attached hydrogens (tertiary/aromatic N) is 2. The van der Waals surface area contributed by atoms with Gasteiger partial charge in [-0.2, -0.15) is 0 Å². The maximum Gasteiger partial charge on any atom is 0.407 e. The molecule has 1 aliphatic carbocycles. The molecule has 0 unspecified atom stereocenters. The van der Waals surface area contributed by atoms with Crippen LogP contribution in [-0.2, 0) is 4.74 Å². The van der Waals surface area contributed by atoms with Crippen molar-refractivity contribution in [2.24, 2.45) is 0 Å². The number of nitrogens with one attached hydrogen (secondary N) is 2. The molecule has 0 bridgehead atoms. The topological polar surface area (TPSA) is 76.1 Å². The summed E-state index contributed by atoms with van der Waals surface area (Å²) in [6.07, 6.45) is 5.24. The van der Waals surface area contributed by atoms with Crippen LogP contribution in [0.2, 0.25) is 5.15 Å². The van der Waals surface area contributed by atoms with Crippen molar-refractivity contribution >= 4 is 23.6 Å². The number of anilines is 1. The van der Waals surface area contributed by atoms with Crippen molar-refractivity contribution in [2.45, 2.75) is 64.1 Å². The van der Waals surface area contributed by atoms with Crippen molar-refractivity contribution in [1.29, 1.82) is 0 Å². The summed E-state index contributed by atoms with van der Waals surface area (Å²) in [6, 6.07) is 1.69. The molecular weight excluding hydrogens is 304 g/mol. The van der Waals surface area contributed by atoms with E-state index in [1.807, 2.05) is 20.8 Å². The van der Waals surface area contributed by atoms with Crippen molar-refractivity contribution in [3.63, 3.8) is 0 Å². The Kier molecular flexibility index (Phi) is 5.45. The molecule has 1 aromatic heterocycles. The van der Waals surface area contributed by atoms with Crippen LogP contribution in [0.5, 0.6) is 0 Å². The van der Waals surface area contributed by atoms with Gasteiger partial charge in [-0.3, -0.25) is 0 Å². The van der Waals surface area contributed by atoms with Crippen LogP contribution in [0.4, 0.5) is 10.7 Å². The molecule has 2 N–H and O–H groups in total. The molecule has 122 valence electrons. The van der Waals surface area contributed by atoms with Crippen molar-refractivity contribution in [3.05, 3.63) is 17.4 Å². The third-order valence-electron chi connectivity index (χ3n) is 3.40. The van der Waals surface area contributed by atoms with Crippen molar-refractivity contribution in [3.8, 4) is 0 Å². The van der Waals surface area contributed by atoms with E-state index in [0.717, 1.165) is 25.7 Å². The Labute approximate surface area is 136 Å². The quantitative estimate of drug-likeness (QED) is 0.833. The van der Waals surface area contributed by atoms with Crippen molar-refractivity contribution < 1.29 is 9.53 Å². The minimum absolute atomic E-state index is 0.00817. The van der Waals surface area contributed by atoms with Crippen LogP contribution in [0.25, 0.3) is 0 Å². The molecule has 1 amide bonds. The number of halogens is 1. The SMILES string of the molecule is CC(C)(C)OC(=O)N[C@@H]1CCCC[C@@H]1Nc1nccc(Cl)n1. The Hall–Kier alpha value is -1.56. The zero-order valence-electron chi connectivity index (χ0n) is 13.2. The summed E-state index contributed by atoms with van der Waals surface area (Å²) >= 11 is 5.88. The van der Waals surface area contributed by atoms with E-state index in [1.165, 1.54) is 0 Å². The number of ether oxygens (including phenoxy) is 1. The molecule has 2 rings (SSSR count). The van der Waals surface area contributed by atoms with Crippen LogP contribution >= 0.6 is 11.6 Å². The summed E-state index contributed by atoms with van der Waals surface area (Å²) in [4.78, 5) is 20.3. The van der Waals surface area contributed by atoms with Gasteiger partial charge in [-0.05, 0) is 39.7 Å². The van der Waals surface area contributed by atoms with E-state index >= 15 is 0 Å². The summed E-state index contributed by atoms with van der Waals surface area (Å²) in [6.45, 7) is 5.55. The molecule has 7 heteroatoms. The lowest BCUT2D eigenvalue weighted by Gasteiger charge is -2.33. The maximum atomic E-state index is 12.0. The fourth-order valence-corrected chi connectivity index (χ4v) is 2.64. The third kappa shape index (κ3) is 5.33. The second-order valence-corrected chi connectivity index (χ2v) is 6.88. The van der Waals surface area contributed by atoms with Gasteiger partial charge in [0.15, 0.2) is 0 Å². The molecule has 1 aliphatic rings. The Morgan fingerprint density at radius 1 is 1.32 bits per heavy atom. The zero-order valence-corrected chi connectivity index (χ0v) is 14.0. The van der Waals surface area contributed by atoms with Gasteiger partial charge in [0.05, 0.1) is 6.04 Å². The summed E-state index contributed by atoms with van der Waals surface area (Å²) in [5.74, 6) is 0.482. The third-order valence-corrected chi connectivity index (χ3v) is 3.61. The lowest BCUT2D eigenvalue weighted by Crippen LogP contribution is -2.50. The highest BCUT2D eigenvalue weighted by molar-refractivity contribution is 6.29. The lowest BCUT2D eigenvalue weighted by molar-refractivity contribution is 0.0488. The standard InChI is InChI=1S/C15H23ClN4O2/c1-15(2,3)22-14(21)19-11-7-5-4-6-10(11)18-13-17-9-8-12(16)20-13/h8-11H,4-7H2,1-3H3,(H,19,21)(H,17,18,20)/t10-,11+/m0/s1. The summed E-state index contributed by atoms with van der Waals surface area (Å²) < 4.78 is 5.33. The van der Waals surface area contributed by atoms with E-state index in [1.54, 1.807) is 12.3 Å². The molecule has 2 atom stereocenters. The lowest BCUT2D eigenvalue weighted by atomic mass is 9.90. The van der Waals surface area contributed by atoms with Crippen LogP contribution in [0.15, 0.2) is 12.3 Å². The summed E-state index contributed by atoms with van der Waals surface area (Å²) in [5.41, 5.74) is -0.502. The smallest absolute Gasteiger partial charge is 0.407 e. The average molecular weight is 327 g/mol. The van der Waals surface area contributed by atoms with Crippen LogP contribution < -0.4 is 10.6 Å². The van der Waals surface area contributed by atoms with Crippen LogP contribution in [0.3, 0.4) is 0 Å². The molecule has 0 aliphatic heterocycles. The summed E-state index contributed by atoms with van der Waals surface area (Å²) in [5, 5.41) is 6.60. The van der Waals surface area contributed by atoms with Crippen molar-refractivity contribution in [2.75, 3.05) is 5.32 Å². The maximum absolute atomic E-state index is 12.0. The normalized spacial score (nSPS) is 22.0. The minimum Gasteiger partial charge on any atom is -0.444 e. The Balaban J connectivity index is 1.97. The van der Waals surface area contributed by atoms with E-state index in [2.05, 4.69) is 20.6 Å². The van der Waals surface area contributed by atoms with E-state index in [4.69, 9.17) is 16.3 Å². The highest BCUT2D eigenvalue weighted by Crippen LogP contribution is 2.22. The average Bonchev–Trinajstić information content (AvgIpc) is 2.39. The van der Waals surface area contributed by atoms with Crippen LogP contribution in [0, 0.1) is 0 Å². The molecule has 0 aromatic carbocycles. The van der Waals surface area contributed by atoms with Gasteiger partial charge < -0.3 is 15.4 Å². The van der Waals surface area contributed by atoms with Crippen LogP contribution in [-0.4, -0.2) is 33.7 Å². The number of alkyl carbamates (subject to hydrolysis) is 1.